The van der Waals surface area contributed by atoms with Gasteiger partial charge in [-0.05, 0) is 39.7 Å². The maximum absolute atomic E-state index is 13.1. The standard InChI is InChI=1S/C23H33NO7/c1-6-15(24-12-14-10-8-7-9-11-14)20(25)27-18-17(16-13-26-22(2,3)29-16)28-21-19(18)30-23(4,5)31-21/h7-11,15-19,21,24H,6,12-13H2,1-5H3/t15-,16?,17?,18-,19+,21+/m0/s1. The highest BCUT2D eigenvalue weighted by atomic mass is 16.8. The minimum Gasteiger partial charge on any atom is -0.455 e. The first-order valence-corrected chi connectivity index (χ1v) is 11.0. The molecule has 8 heteroatoms. The summed E-state index contributed by atoms with van der Waals surface area (Å²) in [6.07, 6.45) is -2.13. The molecule has 3 aliphatic rings. The van der Waals surface area contributed by atoms with Gasteiger partial charge in [0, 0.05) is 6.54 Å². The highest BCUT2D eigenvalue weighted by Crippen LogP contribution is 2.42. The number of carbonyl (C=O) groups excluding carboxylic acids is 1. The molecule has 0 saturated carbocycles. The van der Waals surface area contributed by atoms with E-state index in [9.17, 15) is 4.79 Å². The van der Waals surface area contributed by atoms with Crippen LogP contribution in [0.3, 0.4) is 0 Å². The number of nitrogens with one attached hydrogen (secondary N) is 1. The van der Waals surface area contributed by atoms with Gasteiger partial charge in [-0.15, -0.1) is 0 Å². The molecule has 8 nitrogen and oxygen atoms in total. The molecule has 0 aliphatic carbocycles. The molecule has 1 aromatic rings. The average molecular weight is 436 g/mol. The summed E-state index contributed by atoms with van der Waals surface area (Å²) in [6.45, 7) is 10.2. The lowest BCUT2D eigenvalue weighted by Gasteiger charge is -2.29. The number of fused-ring (bicyclic) bond motifs is 1. The fourth-order valence-electron chi connectivity index (χ4n) is 4.26. The second-order valence-electron chi connectivity index (χ2n) is 9.17. The molecule has 3 aliphatic heterocycles. The van der Waals surface area contributed by atoms with Crippen LogP contribution in [0.2, 0.25) is 0 Å². The Morgan fingerprint density at radius 3 is 2.48 bits per heavy atom. The summed E-state index contributed by atoms with van der Waals surface area (Å²) >= 11 is 0. The van der Waals surface area contributed by atoms with E-state index in [1.165, 1.54) is 0 Å². The number of rotatable bonds is 7. The van der Waals surface area contributed by atoms with Crippen LogP contribution in [-0.4, -0.2) is 60.9 Å². The van der Waals surface area contributed by atoms with Crippen molar-refractivity contribution in [1.82, 2.24) is 5.32 Å². The van der Waals surface area contributed by atoms with Crippen molar-refractivity contribution in [3.63, 3.8) is 0 Å². The Balaban J connectivity index is 1.45. The first-order chi connectivity index (χ1) is 14.7. The fraction of sp³-hybridized carbons (Fsp3) is 0.696. The van der Waals surface area contributed by atoms with E-state index >= 15 is 0 Å². The van der Waals surface area contributed by atoms with Gasteiger partial charge in [-0.3, -0.25) is 4.79 Å². The molecule has 6 atom stereocenters. The Bertz CT molecular complexity index is 768. The first kappa shape index (κ1) is 22.6. The highest BCUT2D eigenvalue weighted by molar-refractivity contribution is 5.76. The number of hydrogen-bond acceptors (Lipinski definition) is 8. The molecule has 1 aromatic carbocycles. The van der Waals surface area contributed by atoms with E-state index in [-0.39, 0.29) is 12.1 Å². The normalized spacial score (nSPS) is 34.4. The van der Waals surface area contributed by atoms with Crippen LogP contribution in [0, 0.1) is 0 Å². The third kappa shape index (κ3) is 5.10. The van der Waals surface area contributed by atoms with Crippen molar-refractivity contribution in [1.29, 1.82) is 0 Å². The molecular weight excluding hydrogens is 402 g/mol. The molecule has 4 rings (SSSR count). The number of hydrogen-bond donors (Lipinski definition) is 1. The van der Waals surface area contributed by atoms with E-state index in [4.69, 9.17) is 28.4 Å². The topological polar surface area (TPSA) is 84.5 Å². The Hall–Kier alpha value is -1.55. The molecule has 3 saturated heterocycles. The van der Waals surface area contributed by atoms with Crippen LogP contribution >= 0.6 is 0 Å². The lowest BCUT2D eigenvalue weighted by molar-refractivity contribution is -0.235. The van der Waals surface area contributed by atoms with Crippen LogP contribution < -0.4 is 5.32 Å². The van der Waals surface area contributed by atoms with E-state index in [1.807, 2.05) is 65.0 Å². The van der Waals surface area contributed by atoms with Gasteiger partial charge in [-0.25, -0.2) is 0 Å². The summed E-state index contributed by atoms with van der Waals surface area (Å²) in [7, 11) is 0. The van der Waals surface area contributed by atoms with Crippen LogP contribution in [0.15, 0.2) is 30.3 Å². The van der Waals surface area contributed by atoms with Crippen molar-refractivity contribution in [2.45, 2.75) is 95.9 Å². The lowest BCUT2D eigenvalue weighted by Crippen LogP contribution is -2.48. The van der Waals surface area contributed by atoms with Gasteiger partial charge in [-0.2, -0.15) is 0 Å². The Morgan fingerprint density at radius 1 is 1.10 bits per heavy atom. The van der Waals surface area contributed by atoms with Gasteiger partial charge in [0.15, 0.2) is 30.1 Å². The number of ether oxygens (including phenoxy) is 6. The van der Waals surface area contributed by atoms with Crippen molar-refractivity contribution < 1.29 is 33.2 Å². The molecule has 3 heterocycles. The average Bonchev–Trinajstić information content (AvgIpc) is 3.33. The van der Waals surface area contributed by atoms with Gasteiger partial charge in [0.05, 0.1) is 6.61 Å². The smallest absolute Gasteiger partial charge is 0.323 e. The van der Waals surface area contributed by atoms with Crippen molar-refractivity contribution >= 4 is 5.97 Å². The molecule has 0 amide bonds. The first-order valence-electron chi connectivity index (χ1n) is 11.0. The van der Waals surface area contributed by atoms with Gasteiger partial charge < -0.3 is 33.7 Å². The zero-order chi connectivity index (χ0) is 22.2. The van der Waals surface area contributed by atoms with Gasteiger partial charge in [0.2, 0.25) is 0 Å². The number of benzene rings is 1. The van der Waals surface area contributed by atoms with Crippen molar-refractivity contribution in [3.05, 3.63) is 35.9 Å². The summed E-state index contributed by atoms with van der Waals surface area (Å²) < 4.78 is 35.7. The van der Waals surface area contributed by atoms with Crippen LogP contribution in [0.25, 0.3) is 0 Å². The summed E-state index contributed by atoms with van der Waals surface area (Å²) in [4.78, 5) is 13.1. The minimum atomic E-state index is -0.813. The van der Waals surface area contributed by atoms with Gasteiger partial charge in [0.25, 0.3) is 0 Å². The van der Waals surface area contributed by atoms with E-state index < -0.39 is 42.2 Å². The second kappa shape index (κ2) is 8.77. The van der Waals surface area contributed by atoms with E-state index in [1.54, 1.807) is 0 Å². The van der Waals surface area contributed by atoms with Crippen LogP contribution in [0.5, 0.6) is 0 Å². The van der Waals surface area contributed by atoms with Crippen molar-refractivity contribution in [2.75, 3.05) is 6.61 Å². The summed E-state index contributed by atoms with van der Waals surface area (Å²) in [6, 6.07) is 9.49. The Kier molecular flexibility index (Phi) is 6.40. The number of esters is 1. The largest absolute Gasteiger partial charge is 0.455 e. The molecule has 31 heavy (non-hydrogen) atoms. The van der Waals surface area contributed by atoms with Gasteiger partial charge >= 0.3 is 5.97 Å². The second-order valence-corrected chi connectivity index (χ2v) is 9.17. The van der Waals surface area contributed by atoms with Gasteiger partial charge in [-0.1, -0.05) is 37.3 Å². The van der Waals surface area contributed by atoms with Crippen LogP contribution in [0.1, 0.15) is 46.6 Å². The maximum atomic E-state index is 13.1. The van der Waals surface area contributed by atoms with Gasteiger partial charge in [0.1, 0.15) is 18.2 Å². The van der Waals surface area contributed by atoms with Crippen LogP contribution in [0.4, 0.5) is 0 Å². The highest BCUT2D eigenvalue weighted by Gasteiger charge is 2.60. The molecule has 0 bridgehead atoms. The SMILES string of the molecule is CC[C@H](NCc1ccccc1)C(=O)O[C@H]1C(C2COC(C)(C)O2)O[C@@H]2OC(C)(C)O[C@@H]21. The number of carbonyl (C=O) groups is 1. The summed E-state index contributed by atoms with van der Waals surface area (Å²) in [5.41, 5.74) is 1.10. The summed E-state index contributed by atoms with van der Waals surface area (Å²) in [5, 5.41) is 3.29. The molecule has 0 spiro atoms. The van der Waals surface area contributed by atoms with E-state index in [0.29, 0.717) is 19.6 Å². The monoisotopic (exact) mass is 435 g/mol. The lowest BCUT2D eigenvalue weighted by atomic mass is 10.1. The molecule has 2 unspecified atom stereocenters. The molecule has 1 N–H and O–H groups in total. The Labute approximate surface area is 183 Å². The molecular formula is C23H33NO7. The molecule has 0 aromatic heterocycles. The van der Waals surface area contributed by atoms with Crippen molar-refractivity contribution in [2.24, 2.45) is 0 Å². The molecule has 172 valence electrons. The minimum absolute atomic E-state index is 0.343. The fourth-order valence-corrected chi connectivity index (χ4v) is 4.26. The predicted octanol–water partition coefficient (Wildman–Crippen LogP) is 2.49. The van der Waals surface area contributed by atoms with Crippen molar-refractivity contribution in [3.8, 4) is 0 Å². The summed E-state index contributed by atoms with van der Waals surface area (Å²) in [5.74, 6) is -1.87. The van der Waals surface area contributed by atoms with E-state index in [2.05, 4.69) is 5.32 Å². The third-order valence-electron chi connectivity index (χ3n) is 5.76. The van der Waals surface area contributed by atoms with Crippen LogP contribution in [-0.2, 0) is 39.8 Å². The zero-order valence-electron chi connectivity index (χ0n) is 18.8. The van der Waals surface area contributed by atoms with E-state index in [0.717, 1.165) is 5.56 Å². The Morgan fingerprint density at radius 2 is 1.84 bits per heavy atom. The molecule has 3 fully saturated rings. The predicted molar refractivity (Wildman–Crippen MR) is 111 cm³/mol. The zero-order valence-corrected chi connectivity index (χ0v) is 18.8. The quantitative estimate of drug-likeness (QED) is 0.654. The third-order valence-corrected chi connectivity index (χ3v) is 5.76. The maximum Gasteiger partial charge on any atom is 0.323 e. The molecule has 0 radical (unpaired) electrons.